The van der Waals surface area contributed by atoms with E-state index in [9.17, 15) is 26.3 Å². The Morgan fingerprint density at radius 2 is 1.23 bits per heavy atom. The fraction of sp³-hybridized carbons (Fsp3) is 0.139. The van der Waals surface area contributed by atoms with Gasteiger partial charge in [-0.15, -0.1) is 4.40 Å². The maximum atomic E-state index is 14.1. The molecule has 7 aromatic rings. The normalized spacial score (nSPS) is 12.3. The summed E-state index contributed by atoms with van der Waals surface area (Å²) in [6.45, 7) is 2.15. The van der Waals surface area contributed by atoms with Crippen molar-refractivity contribution in [2.24, 2.45) is 0 Å². The molecule has 47 heavy (non-hydrogen) atoms. The van der Waals surface area contributed by atoms with Crippen molar-refractivity contribution >= 4 is 27.5 Å². The van der Waals surface area contributed by atoms with Crippen LogP contribution in [0.25, 0.3) is 38.6 Å². The van der Waals surface area contributed by atoms with Crippen LogP contribution in [0.4, 0.5) is 26.3 Å². The third kappa shape index (κ3) is 5.87. The lowest BCUT2D eigenvalue weighted by atomic mass is 9.96. The van der Waals surface area contributed by atoms with Gasteiger partial charge in [0.2, 0.25) is 12.1 Å². The maximum absolute atomic E-state index is 14.1. The average Bonchev–Trinajstić information content (AvgIpc) is 3.61. The Morgan fingerprint density at radius 1 is 0.660 bits per heavy atom. The summed E-state index contributed by atoms with van der Waals surface area (Å²) in [5.74, 6) is 0. The highest BCUT2D eigenvalue weighted by Gasteiger charge is 2.39. The van der Waals surface area contributed by atoms with E-state index in [1.165, 1.54) is 23.7 Å². The Kier molecular flexibility index (Phi) is 7.59. The summed E-state index contributed by atoms with van der Waals surface area (Å²) in [7, 11) is 0. The van der Waals surface area contributed by atoms with Crippen molar-refractivity contribution in [3.05, 3.63) is 143 Å². The van der Waals surface area contributed by atoms with Gasteiger partial charge in [0.15, 0.2) is 18.9 Å². The molecule has 3 aromatic carbocycles. The number of thiazole rings is 1. The van der Waals surface area contributed by atoms with Crippen molar-refractivity contribution in [2.75, 3.05) is 0 Å². The molecule has 7 rings (SSSR count). The number of benzene rings is 3. The van der Waals surface area contributed by atoms with Crippen LogP contribution < -0.4 is 13.5 Å². The van der Waals surface area contributed by atoms with Gasteiger partial charge in [-0.1, -0.05) is 60.7 Å². The third-order valence-electron chi connectivity index (χ3n) is 8.18. The number of halogens is 6. The molecule has 0 spiro atoms. The first kappa shape index (κ1) is 30.6. The molecule has 0 aliphatic carbocycles. The molecule has 4 nitrogen and oxygen atoms in total. The first-order valence-electron chi connectivity index (χ1n) is 14.6. The summed E-state index contributed by atoms with van der Waals surface area (Å²) < 4.78 is 95.7. The van der Waals surface area contributed by atoms with E-state index >= 15 is 0 Å². The molecule has 0 N–H and O–H groups in total. The van der Waals surface area contributed by atoms with Crippen molar-refractivity contribution < 1.29 is 44.3 Å². The van der Waals surface area contributed by atoms with Gasteiger partial charge in [-0.2, -0.15) is 35.5 Å². The molecule has 0 bridgehead atoms. The molecule has 0 fully saturated rings. The third-order valence-corrected chi connectivity index (χ3v) is 9.04. The predicted octanol–water partition coefficient (Wildman–Crippen LogP) is 8.58. The Bertz CT molecular complexity index is 2270. The standard InChI is InChI=1S/C36H26F6N3OS/c1-23-8-2-4-10-28(23)29-11-5-3-9-24(29)20-43-16-14-25(35(37,38)39)18-31(43)32-19-26(36(40,41)42)15-17-44(32)21-27-22-47-34-45(27)30-12-6-7-13-33(30)46-34/h2-19,22H,20-21H2,1H3/q+3. The van der Waals surface area contributed by atoms with Crippen LogP contribution in [0, 0.1) is 6.92 Å². The number of hydrogen-bond donors (Lipinski definition) is 0. The summed E-state index contributed by atoms with van der Waals surface area (Å²) in [4.78, 5) is 0. The van der Waals surface area contributed by atoms with Gasteiger partial charge in [0.1, 0.15) is 0 Å². The van der Waals surface area contributed by atoms with E-state index in [2.05, 4.69) is 0 Å². The molecule has 0 aliphatic rings. The van der Waals surface area contributed by atoms with Crippen molar-refractivity contribution in [2.45, 2.75) is 32.4 Å². The summed E-state index contributed by atoms with van der Waals surface area (Å²) in [6.07, 6.45) is -6.87. The van der Waals surface area contributed by atoms with Crippen LogP contribution in [0.15, 0.2) is 119 Å². The molecule has 0 saturated heterocycles. The van der Waals surface area contributed by atoms with Crippen LogP contribution in [0.5, 0.6) is 0 Å². The van der Waals surface area contributed by atoms with Gasteiger partial charge in [-0.05, 0) is 41.0 Å². The van der Waals surface area contributed by atoms with Gasteiger partial charge >= 0.3 is 17.4 Å². The number of aromatic nitrogens is 3. The van der Waals surface area contributed by atoms with Crippen LogP contribution >= 0.6 is 11.3 Å². The summed E-state index contributed by atoms with van der Waals surface area (Å²) in [6, 6.07) is 26.4. The smallest absolute Gasteiger partial charge is 0.389 e. The van der Waals surface area contributed by atoms with Gasteiger partial charge in [-0.3, -0.25) is 0 Å². The van der Waals surface area contributed by atoms with Gasteiger partial charge in [0, 0.05) is 35.9 Å². The summed E-state index contributed by atoms with van der Waals surface area (Å²) >= 11 is 1.33. The lowest BCUT2D eigenvalue weighted by molar-refractivity contribution is -0.714. The minimum Gasteiger partial charge on any atom is -0.389 e. The van der Waals surface area contributed by atoms with Crippen LogP contribution in [0.2, 0.25) is 0 Å². The number of hydrogen-bond acceptors (Lipinski definition) is 2. The maximum Gasteiger partial charge on any atom is 0.442 e. The second kappa shape index (κ2) is 11.6. The number of aryl methyl sites for hydroxylation is 1. The quantitative estimate of drug-likeness (QED) is 0.129. The minimum absolute atomic E-state index is 0.0148. The molecule has 236 valence electrons. The highest BCUT2D eigenvalue weighted by molar-refractivity contribution is 7.14. The van der Waals surface area contributed by atoms with E-state index in [-0.39, 0.29) is 24.5 Å². The molecule has 0 radical (unpaired) electrons. The summed E-state index contributed by atoms with van der Waals surface area (Å²) in [5.41, 5.74) is 3.79. The molecule has 4 heterocycles. The van der Waals surface area contributed by atoms with Crippen molar-refractivity contribution in [1.29, 1.82) is 0 Å². The molecular formula is C36H26F6N3OS+3. The zero-order valence-electron chi connectivity index (χ0n) is 24.8. The Balaban J connectivity index is 1.42. The molecule has 4 aromatic heterocycles. The van der Waals surface area contributed by atoms with Gasteiger partial charge in [-0.25, -0.2) is 0 Å². The zero-order valence-corrected chi connectivity index (χ0v) is 25.6. The predicted molar refractivity (Wildman–Crippen MR) is 164 cm³/mol. The Labute approximate surface area is 269 Å². The van der Waals surface area contributed by atoms with Crippen molar-refractivity contribution in [3.8, 4) is 22.5 Å². The SMILES string of the molecule is Cc1ccccc1-c1ccccc1C[n+]1ccc(C(F)(F)F)cc1-c1cc(C(F)(F)F)cc[n+]1Cc1csc2oc3ccccc3[n+]12. The first-order valence-corrected chi connectivity index (χ1v) is 15.5. The fourth-order valence-electron chi connectivity index (χ4n) is 5.88. The molecular weight excluding hydrogens is 636 g/mol. The Morgan fingerprint density at radius 3 is 1.89 bits per heavy atom. The van der Waals surface area contributed by atoms with Crippen molar-refractivity contribution in [1.82, 2.24) is 0 Å². The van der Waals surface area contributed by atoms with Crippen LogP contribution in [-0.4, -0.2) is 0 Å². The number of rotatable bonds is 6. The van der Waals surface area contributed by atoms with E-state index < -0.39 is 23.5 Å². The second-order valence-corrected chi connectivity index (χ2v) is 12.0. The molecule has 0 saturated carbocycles. The van der Waals surface area contributed by atoms with Gasteiger partial charge < -0.3 is 4.42 Å². The van der Waals surface area contributed by atoms with E-state index in [4.69, 9.17) is 4.42 Å². The number of oxazole rings is 1. The van der Waals surface area contributed by atoms with Gasteiger partial charge in [0.05, 0.1) is 16.5 Å². The number of pyridine rings is 2. The largest absolute Gasteiger partial charge is 0.442 e. The number of fused-ring (bicyclic) bond motifs is 3. The van der Waals surface area contributed by atoms with E-state index in [1.54, 1.807) is 9.13 Å². The van der Waals surface area contributed by atoms with E-state index in [0.29, 0.717) is 16.3 Å². The molecule has 0 atom stereocenters. The van der Waals surface area contributed by atoms with Crippen LogP contribution in [-0.2, 0) is 25.4 Å². The summed E-state index contributed by atoms with van der Waals surface area (Å²) in [5, 5.41) is 2.41. The second-order valence-electron chi connectivity index (χ2n) is 11.2. The lowest BCUT2D eigenvalue weighted by Crippen LogP contribution is -2.45. The molecule has 11 heteroatoms. The van der Waals surface area contributed by atoms with Crippen molar-refractivity contribution in [3.63, 3.8) is 0 Å². The first-order chi connectivity index (χ1) is 22.5. The lowest BCUT2D eigenvalue weighted by Gasteiger charge is -2.13. The number of alkyl halides is 6. The van der Waals surface area contributed by atoms with E-state index in [0.717, 1.165) is 52.0 Å². The number of para-hydroxylation sites is 2. The van der Waals surface area contributed by atoms with E-state index in [1.807, 2.05) is 89.5 Å². The fourth-order valence-corrected chi connectivity index (χ4v) is 6.75. The minimum atomic E-state index is -4.72. The van der Waals surface area contributed by atoms with Crippen LogP contribution in [0.3, 0.4) is 0 Å². The number of nitrogens with zero attached hydrogens (tertiary/aromatic N) is 3. The Hall–Kier alpha value is -5.03. The highest BCUT2D eigenvalue weighted by Crippen LogP contribution is 2.34. The average molecular weight is 663 g/mol. The monoisotopic (exact) mass is 662 g/mol. The molecule has 0 amide bonds. The zero-order chi connectivity index (χ0) is 32.9. The van der Waals surface area contributed by atoms with Crippen LogP contribution in [0.1, 0.15) is 27.9 Å². The topological polar surface area (TPSA) is 25.0 Å². The molecule has 0 unspecified atom stereocenters. The van der Waals surface area contributed by atoms with Gasteiger partial charge in [0.25, 0.3) is 22.6 Å². The highest BCUT2D eigenvalue weighted by atomic mass is 32.1. The molecule has 0 aliphatic heterocycles.